The predicted octanol–water partition coefficient (Wildman–Crippen LogP) is 2.80. The van der Waals surface area contributed by atoms with Crippen LogP contribution in [-0.4, -0.2) is 39.9 Å². The van der Waals surface area contributed by atoms with E-state index in [-0.39, 0.29) is 5.91 Å². The quantitative estimate of drug-likeness (QED) is 0.796. The first-order valence-corrected chi connectivity index (χ1v) is 7.83. The molecular weight excluding hydrogens is 314 g/mol. The lowest BCUT2D eigenvalue weighted by Crippen LogP contribution is -2.21. The molecule has 6 nitrogen and oxygen atoms in total. The lowest BCUT2D eigenvalue weighted by Gasteiger charge is -2.13. The zero-order valence-corrected chi connectivity index (χ0v) is 14.4. The van der Waals surface area contributed by atoms with E-state index in [0.717, 1.165) is 28.1 Å². The van der Waals surface area contributed by atoms with Crippen LogP contribution >= 0.6 is 0 Å². The summed E-state index contributed by atoms with van der Waals surface area (Å²) in [6.45, 7) is 1.93. The number of rotatable bonds is 3. The predicted molar refractivity (Wildman–Crippen MR) is 97.9 cm³/mol. The second-order valence-corrected chi connectivity index (χ2v) is 5.93. The van der Waals surface area contributed by atoms with Gasteiger partial charge in [-0.15, -0.1) is 0 Å². The van der Waals surface area contributed by atoms with Crippen molar-refractivity contribution in [1.29, 1.82) is 0 Å². The average molecular weight is 333 g/mol. The Hall–Kier alpha value is -3.28. The van der Waals surface area contributed by atoms with Gasteiger partial charge in [0.1, 0.15) is 12.1 Å². The molecule has 0 atom stereocenters. The first-order valence-electron chi connectivity index (χ1n) is 7.83. The highest BCUT2D eigenvalue weighted by atomic mass is 16.2. The number of benzene rings is 1. The summed E-state index contributed by atoms with van der Waals surface area (Å²) < 4.78 is 0. The van der Waals surface area contributed by atoms with E-state index in [1.165, 1.54) is 6.33 Å². The van der Waals surface area contributed by atoms with Gasteiger partial charge in [0.2, 0.25) is 0 Å². The minimum absolute atomic E-state index is 0.0339. The fourth-order valence-electron chi connectivity index (χ4n) is 2.62. The Morgan fingerprint density at radius 2 is 1.64 bits per heavy atom. The second kappa shape index (κ2) is 6.68. The highest BCUT2D eigenvalue weighted by Crippen LogP contribution is 2.32. The van der Waals surface area contributed by atoms with Crippen LogP contribution in [0.25, 0.3) is 22.4 Å². The number of hydrogen-bond donors (Lipinski definition) is 1. The molecule has 0 aliphatic rings. The van der Waals surface area contributed by atoms with Crippen molar-refractivity contribution in [2.75, 3.05) is 19.8 Å². The molecule has 0 aliphatic heterocycles. The van der Waals surface area contributed by atoms with E-state index < -0.39 is 0 Å². The van der Waals surface area contributed by atoms with Crippen LogP contribution in [0.5, 0.6) is 0 Å². The third-order valence-corrected chi connectivity index (χ3v) is 3.92. The summed E-state index contributed by atoms with van der Waals surface area (Å²) in [5.41, 5.74) is 10.7. The Kier molecular flexibility index (Phi) is 4.43. The molecule has 2 heterocycles. The number of hydrogen-bond acceptors (Lipinski definition) is 5. The van der Waals surface area contributed by atoms with Crippen LogP contribution in [-0.2, 0) is 0 Å². The molecule has 6 heteroatoms. The number of pyridine rings is 1. The monoisotopic (exact) mass is 333 g/mol. The van der Waals surface area contributed by atoms with Crippen LogP contribution in [0.3, 0.4) is 0 Å². The van der Waals surface area contributed by atoms with Crippen LogP contribution < -0.4 is 5.73 Å². The van der Waals surface area contributed by atoms with Gasteiger partial charge in [-0.05, 0) is 31.2 Å². The Morgan fingerprint density at radius 1 is 0.960 bits per heavy atom. The van der Waals surface area contributed by atoms with E-state index in [1.807, 2.05) is 25.1 Å². The molecule has 1 aromatic carbocycles. The summed E-state index contributed by atoms with van der Waals surface area (Å²) in [6.07, 6.45) is 3.26. The van der Waals surface area contributed by atoms with Gasteiger partial charge >= 0.3 is 0 Å². The van der Waals surface area contributed by atoms with Crippen LogP contribution in [0, 0.1) is 6.92 Å². The van der Waals surface area contributed by atoms with Gasteiger partial charge in [0.05, 0.1) is 5.69 Å². The zero-order valence-electron chi connectivity index (χ0n) is 14.4. The molecule has 0 saturated heterocycles. The molecule has 3 rings (SSSR count). The molecule has 0 bridgehead atoms. The van der Waals surface area contributed by atoms with Crippen LogP contribution in [0.15, 0.2) is 48.9 Å². The summed E-state index contributed by atoms with van der Waals surface area (Å²) in [7, 11) is 3.46. The highest BCUT2D eigenvalue weighted by molar-refractivity contribution is 5.94. The maximum absolute atomic E-state index is 12.0. The third-order valence-electron chi connectivity index (χ3n) is 3.92. The van der Waals surface area contributed by atoms with Crippen molar-refractivity contribution in [2.45, 2.75) is 6.92 Å². The summed E-state index contributed by atoms with van der Waals surface area (Å²) in [5, 5.41) is 0. The summed E-state index contributed by atoms with van der Waals surface area (Å²) >= 11 is 0. The number of aromatic nitrogens is 3. The van der Waals surface area contributed by atoms with E-state index in [0.29, 0.717) is 11.4 Å². The van der Waals surface area contributed by atoms with Gasteiger partial charge in [-0.3, -0.25) is 4.79 Å². The molecule has 0 radical (unpaired) electrons. The van der Waals surface area contributed by atoms with Crippen molar-refractivity contribution < 1.29 is 4.79 Å². The van der Waals surface area contributed by atoms with Crippen LogP contribution in [0.4, 0.5) is 5.82 Å². The third kappa shape index (κ3) is 3.33. The molecule has 126 valence electrons. The van der Waals surface area contributed by atoms with Crippen molar-refractivity contribution >= 4 is 11.7 Å². The Morgan fingerprint density at radius 3 is 2.24 bits per heavy atom. The SMILES string of the molecule is Cc1ncnc(-c2ccc(C(=O)N(C)C)cc2)c1-c1ccc(N)nc1. The number of nitrogen functional groups attached to an aromatic ring is 1. The lowest BCUT2D eigenvalue weighted by atomic mass is 9.98. The van der Waals surface area contributed by atoms with Gasteiger partial charge in [-0.1, -0.05) is 12.1 Å². The Balaban J connectivity index is 2.07. The molecule has 0 aliphatic carbocycles. The van der Waals surface area contributed by atoms with E-state index in [2.05, 4.69) is 15.0 Å². The summed E-state index contributed by atoms with van der Waals surface area (Å²) in [6, 6.07) is 11.1. The van der Waals surface area contributed by atoms with Gasteiger partial charge < -0.3 is 10.6 Å². The van der Waals surface area contributed by atoms with Crippen LogP contribution in [0.1, 0.15) is 16.1 Å². The minimum atomic E-state index is -0.0339. The first-order chi connectivity index (χ1) is 12.0. The van der Waals surface area contributed by atoms with E-state index >= 15 is 0 Å². The van der Waals surface area contributed by atoms with Crippen molar-refractivity contribution in [3.8, 4) is 22.4 Å². The fraction of sp³-hybridized carbons (Fsp3) is 0.158. The smallest absolute Gasteiger partial charge is 0.253 e. The largest absolute Gasteiger partial charge is 0.384 e. The topological polar surface area (TPSA) is 85.0 Å². The number of carbonyl (C=O) groups excluding carboxylic acids is 1. The highest BCUT2D eigenvalue weighted by Gasteiger charge is 2.14. The zero-order chi connectivity index (χ0) is 18.0. The Labute approximate surface area is 146 Å². The standard InChI is InChI=1S/C19H19N5O/c1-12-17(15-8-9-16(20)21-10-15)18(23-11-22-12)13-4-6-14(7-5-13)19(25)24(2)3/h4-11H,1-3H3,(H2,20,21). The molecule has 3 aromatic rings. The summed E-state index contributed by atoms with van der Waals surface area (Å²) in [4.78, 5) is 26.5. The first kappa shape index (κ1) is 16.6. The van der Waals surface area contributed by atoms with Gasteiger partial charge in [0.15, 0.2) is 0 Å². The van der Waals surface area contributed by atoms with Gasteiger partial charge in [0.25, 0.3) is 5.91 Å². The van der Waals surface area contributed by atoms with Crippen LogP contribution in [0.2, 0.25) is 0 Å². The molecule has 2 N–H and O–H groups in total. The van der Waals surface area contributed by atoms with Crippen molar-refractivity contribution in [2.24, 2.45) is 0 Å². The maximum atomic E-state index is 12.0. The normalized spacial score (nSPS) is 10.5. The van der Waals surface area contributed by atoms with E-state index in [9.17, 15) is 4.79 Å². The molecular formula is C19H19N5O. The van der Waals surface area contributed by atoms with Gasteiger partial charge in [-0.2, -0.15) is 0 Å². The average Bonchev–Trinajstić information content (AvgIpc) is 2.62. The molecule has 0 spiro atoms. The molecule has 0 fully saturated rings. The number of amides is 1. The van der Waals surface area contributed by atoms with Gasteiger partial charge in [0, 0.05) is 48.2 Å². The molecule has 0 unspecified atom stereocenters. The fourth-order valence-corrected chi connectivity index (χ4v) is 2.62. The van der Waals surface area contributed by atoms with Crippen molar-refractivity contribution in [1.82, 2.24) is 19.9 Å². The molecule has 25 heavy (non-hydrogen) atoms. The number of anilines is 1. The van der Waals surface area contributed by atoms with Crippen molar-refractivity contribution in [3.05, 3.63) is 60.2 Å². The van der Waals surface area contributed by atoms with E-state index in [1.54, 1.807) is 43.4 Å². The molecule has 1 amide bonds. The number of carbonyl (C=O) groups is 1. The number of aryl methyl sites for hydroxylation is 1. The van der Waals surface area contributed by atoms with Gasteiger partial charge in [-0.25, -0.2) is 15.0 Å². The lowest BCUT2D eigenvalue weighted by molar-refractivity contribution is 0.0827. The number of nitrogens with two attached hydrogens (primary N) is 1. The number of nitrogens with zero attached hydrogens (tertiary/aromatic N) is 4. The minimum Gasteiger partial charge on any atom is -0.384 e. The van der Waals surface area contributed by atoms with Crippen molar-refractivity contribution in [3.63, 3.8) is 0 Å². The van der Waals surface area contributed by atoms with E-state index in [4.69, 9.17) is 5.73 Å². The molecule has 0 saturated carbocycles. The molecule has 2 aromatic heterocycles. The summed E-state index contributed by atoms with van der Waals surface area (Å²) in [5.74, 6) is 0.430. The Bertz CT molecular complexity index is 902. The maximum Gasteiger partial charge on any atom is 0.253 e. The second-order valence-electron chi connectivity index (χ2n) is 5.93.